The molecule has 0 heterocycles. The Hall–Kier alpha value is -2.23. The zero-order valence-electron chi connectivity index (χ0n) is 12.9. The molecule has 114 valence electrons. The van der Waals surface area contributed by atoms with E-state index in [2.05, 4.69) is 25.7 Å². The van der Waals surface area contributed by atoms with Gasteiger partial charge in [0.15, 0.2) is 11.5 Å². The molecule has 0 unspecified atom stereocenters. The SMILES string of the molecule is C=CCNC(=O)C=Cc1ccc(OCC(C)C)c(OC)c1. The van der Waals surface area contributed by atoms with E-state index < -0.39 is 0 Å². The van der Waals surface area contributed by atoms with Gasteiger partial charge >= 0.3 is 0 Å². The maximum atomic E-state index is 11.5. The summed E-state index contributed by atoms with van der Waals surface area (Å²) in [6.07, 6.45) is 4.84. The summed E-state index contributed by atoms with van der Waals surface area (Å²) in [5.74, 6) is 1.65. The molecule has 1 N–H and O–H groups in total. The summed E-state index contributed by atoms with van der Waals surface area (Å²) in [4.78, 5) is 11.5. The molecule has 0 fully saturated rings. The summed E-state index contributed by atoms with van der Waals surface area (Å²) in [7, 11) is 1.60. The van der Waals surface area contributed by atoms with Crippen molar-refractivity contribution in [3.63, 3.8) is 0 Å². The Morgan fingerprint density at radius 2 is 2.14 bits per heavy atom. The molecule has 0 aliphatic carbocycles. The fourth-order valence-electron chi connectivity index (χ4n) is 1.57. The average Bonchev–Trinajstić information content (AvgIpc) is 2.48. The minimum absolute atomic E-state index is 0.158. The maximum absolute atomic E-state index is 11.5. The van der Waals surface area contributed by atoms with Gasteiger partial charge in [0.2, 0.25) is 5.91 Å². The van der Waals surface area contributed by atoms with Crippen molar-refractivity contribution in [2.45, 2.75) is 13.8 Å². The minimum atomic E-state index is -0.158. The zero-order valence-corrected chi connectivity index (χ0v) is 12.9. The number of benzene rings is 1. The molecule has 4 nitrogen and oxygen atoms in total. The lowest BCUT2D eigenvalue weighted by Crippen LogP contribution is -2.20. The summed E-state index contributed by atoms with van der Waals surface area (Å²) in [5, 5.41) is 2.68. The van der Waals surface area contributed by atoms with Gasteiger partial charge in [0.1, 0.15) is 0 Å². The Kier molecular flexibility index (Phi) is 7.09. The van der Waals surface area contributed by atoms with E-state index in [9.17, 15) is 4.79 Å². The number of methoxy groups -OCH3 is 1. The topological polar surface area (TPSA) is 47.6 Å². The van der Waals surface area contributed by atoms with Gasteiger partial charge in [0.05, 0.1) is 13.7 Å². The Balaban J connectivity index is 2.74. The quantitative estimate of drug-likeness (QED) is 0.591. The highest BCUT2D eigenvalue weighted by atomic mass is 16.5. The first kappa shape index (κ1) is 16.8. The summed E-state index contributed by atoms with van der Waals surface area (Å²) < 4.78 is 11.0. The van der Waals surface area contributed by atoms with E-state index in [4.69, 9.17) is 9.47 Å². The fourth-order valence-corrected chi connectivity index (χ4v) is 1.57. The van der Waals surface area contributed by atoms with Crippen LogP contribution in [-0.2, 0) is 4.79 Å². The molecule has 0 atom stereocenters. The summed E-state index contributed by atoms with van der Waals surface area (Å²) in [6.45, 7) is 8.81. The molecule has 0 bridgehead atoms. The number of amides is 1. The second-order valence-corrected chi connectivity index (χ2v) is 4.98. The minimum Gasteiger partial charge on any atom is -0.493 e. The molecule has 21 heavy (non-hydrogen) atoms. The van der Waals surface area contributed by atoms with Crippen molar-refractivity contribution in [1.29, 1.82) is 0 Å². The molecule has 0 aliphatic heterocycles. The molecule has 0 saturated carbocycles. The lowest BCUT2D eigenvalue weighted by Gasteiger charge is -2.12. The molecular weight excluding hydrogens is 266 g/mol. The maximum Gasteiger partial charge on any atom is 0.244 e. The van der Waals surface area contributed by atoms with Crippen LogP contribution < -0.4 is 14.8 Å². The van der Waals surface area contributed by atoms with Crippen LogP contribution >= 0.6 is 0 Å². The standard InChI is InChI=1S/C17H23NO3/c1-5-10-18-17(19)9-7-14-6-8-15(16(11-14)20-4)21-12-13(2)3/h5-9,11,13H,1,10,12H2,2-4H3,(H,18,19). The molecule has 1 aromatic rings. The van der Waals surface area contributed by atoms with Gasteiger partial charge in [-0.05, 0) is 29.7 Å². The Bertz CT molecular complexity index is 507. The van der Waals surface area contributed by atoms with Crippen LogP contribution in [0, 0.1) is 5.92 Å². The van der Waals surface area contributed by atoms with Crippen LogP contribution in [0.25, 0.3) is 6.08 Å². The van der Waals surface area contributed by atoms with E-state index in [1.165, 1.54) is 6.08 Å². The fraction of sp³-hybridized carbons (Fsp3) is 0.353. The molecule has 0 saturated heterocycles. The molecular formula is C17H23NO3. The van der Waals surface area contributed by atoms with Crippen molar-refractivity contribution in [2.75, 3.05) is 20.3 Å². The van der Waals surface area contributed by atoms with Gasteiger partial charge in [-0.1, -0.05) is 26.0 Å². The Morgan fingerprint density at radius 3 is 2.76 bits per heavy atom. The van der Waals surface area contributed by atoms with E-state index in [-0.39, 0.29) is 5.91 Å². The van der Waals surface area contributed by atoms with Gasteiger partial charge in [-0.25, -0.2) is 0 Å². The van der Waals surface area contributed by atoms with E-state index in [0.717, 1.165) is 5.56 Å². The highest BCUT2D eigenvalue weighted by molar-refractivity contribution is 5.91. The van der Waals surface area contributed by atoms with Gasteiger partial charge in [-0.2, -0.15) is 0 Å². The van der Waals surface area contributed by atoms with Gasteiger partial charge in [0, 0.05) is 12.6 Å². The van der Waals surface area contributed by atoms with E-state index >= 15 is 0 Å². The lowest BCUT2D eigenvalue weighted by atomic mass is 10.2. The summed E-state index contributed by atoms with van der Waals surface area (Å²) >= 11 is 0. The monoisotopic (exact) mass is 289 g/mol. The molecule has 0 spiro atoms. The number of ether oxygens (including phenoxy) is 2. The first-order valence-corrected chi connectivity index (χ1v) is 6.94. The predicted octanol–water partition coefficient (Wildman–Crippen LogP) is 3.05. The second-order valence-electron chi connectivity index (χ2n) is 4.98. The van der Waals surface area contributed by atoms with Crippen molar-refractivity contribution in [2.24, 2.45) is 5.92 Å². The lowest BCUT2D eigenvalue weighted by molar-refractivity contribution is -0.116. The van der Waals surface area contributed by atoms with E-state index in [0.29, 0.717) is 30.6 Å². The molecule has 0 aromatic heterocycles. The third-order valence-electron chi connectivity index (χ3n) is 2.61. The van der Waals surface area contributed by atoms with Gasteiger partial charge in [0.25, 0.3) is 0 Å². The molecule has 4 heteroatoms. The van der Waals surface area contributed by atoms with Crippen LogP contribution in [0.1, 0.15) is 19.4 Å². The van der Waals surface area contributed by atoms with E-state index in [1.807, 2.05) is 18.2 Å². The highest BCUT2D eigenvalue weighted by Gasteiger charge is 2.06. The average molecular weight is 289 g/mol. The molecule has 0 radical (unpaired) electrons. The van der Waals surface area contributed by atoms with Crippen molar-refractivity contribution < 1.29 is 14.3 Å². The third-order valence-corrected chi connectivity index (χ3v) is 2.61. The number of carbonyl (C=O) groups excluding carboxylic acids is 1. The van der Waals surface area contributed by atoms with Crippen LogP contribution in [-0.4, -0.2) is 26.2 Å². The number of hydrogen-bond donors (Lipinski definition) is 1. The summed E-state index contributed by atoms with van der Waals surface area (Å²) in [6, 6.07) is 5.57. The van der Waals surface area contributed by atoms with Crippen LogP contribution in [0.4, 0.5) is 0 Å². The van der Waals surface area contributed by atoms with Gasteiger partial charge in [-0.15, -0.1) is 6.58 Å². The van der Waals surface area contributed by atoms with Crippen molar-refractivity contribution in [3.05, 3.63) is 42.5 Å². The number of hydrogen-bond acceptors (Lipinski definition) is 3. The van der Waals surface area contributed by atoms with Crippen LogP contribution in [0.15, 0.2) is 36.9 Å². The smallest absolute Gasteiger partial charge is 0.244 e. The Labute approximate surface area is 126 Å². The molecule has 1 amide bonds. The number of rotatable bonds is 8. The van der Waals surface area contributed by atoms with Crippen LogP contribution in [0.2, 0.25) is 0 Å². The molecule has 0 aliphatic rings. The predicted molar refractivity (Wildman–Crippen MR) is 85.6 cm³/mol. The first-order chi connectivity index (χ1) is 10.1. The van der Waals surface area contributed by atoms with Crippen molar-refractivity contribution >= 4 is 12.0 Å². The van der Waals surface area contributed by atoms with Gasteiger partial charge in [-0.3, -0.25) is 4.79 Å². The first-order valence-electron chi connectivity index (χ1n) is 6.94. The van der Waals surface area contributed by atoms with Crippen LogP contribution in [0.3, 0.4) is 0 Å². The largest absolute Gasteiger partial charge is 0.493 e. The second kappa shape index (κ2) is 8.84. The van der Waals surface area contributed by atoms with Crippen molar-refractivity contribution in [1.82, 2.24) is 5.32 Å². The van der Waals surface area contributed by atoms with Crippen molar-refractivity contribution in [3.8, 4) is 11.5 Å². The highest BCUT2D eigenvalue weighted by Crippen LogP contribution is 2.28. The normalized spacial score (nSPS) is 10.7. The molecule has 1 aromatic carbocycles. The Morgan fingerprint density at radius 1 is 1.38 bits per heavy atom. The number of carbonyl (C=O) groups is 1. The van der Waals surface area contributed by atoms with Gasteiger partial charge < -0.3 is 14.8 Å². The zero-order chi connectivity index (χ0) is 15.7. The number of nitrogens with one attached hydrogen (secondary N) is 1. The summed E-state index contributed by atoms with van der Waals surface area (Å²) in [5.41, 5.74) is 0.873. The molecule has 1 rings (SSSR count). The van der Waals surface area contributed by atoms with E-state index in [1.54, 1.807) is 19.3 Å². The van der Waals surface area contributed by atoms with Crippen LogP contribution in [0.5, 0.6) is 11.5 Å². The third kappa shape index (κ3) is 6.17.